The zero-order chi connectivity index (χ0) is 28.9. The minimum atomic E-state index is -1.17. The molecular weight excluding hydrogens is 496 g/mol. The first-order chi connectivity index (χ1) is 16.8. The molecule has 4 atom stereocenters. The number of aromatic nitrogens is 1. The molecule has 210 valence electrons. The van der Waals surface area contributed by atoms with Gasteiger partial charge in [-0.15, -0.1) is 11.3 Å². The highest BCUT2D eigenvalue weighted by atomic mass is 32.1. The predicted molar refractivity (Wildman–Crippen MR) is 143 cm³/mol. The standard InChI is InChI=1S/C26H44N4O6S/c1-12-16(4)21(28-25(35)26(6,7)30(9,10)11)23(32)29(8)19(15(2)3)13-20(36-17(5)31)22-27-18(14-37-22)24(33)34/h14-16,19-21H,12-13H2,1-11H3,(H-,28,33,34,35)/p+1/t16?,19-,20-,21+/m1/s1. The third kappa shape index (κ3) is 8.23. The highest BCUT2D eigenvalue weighted by molar-refractivity contribution is 7.09. The number of hydrogen-bond donors (Lipinski definition) is 2. The van der Waals surface area contributed by atoms with E-state index in [1.165, 1.54) is 12.3 Å². The van der Waals surface area contributed by atoms with Gasteiger partial charge in [-0.25, -0.2) is 9.78 Å². The number of nitrogens with zero attached hydrogens (tertiary/aromatic N) is 3. The third-order valence-electron chi connectivity index (χ3n) is 7.39. The van der Waals surface area contributed by atoms with Crippen LogP contribution in [-0.4, -0.2) is 89.0 Å². The lowest BCUT2D eigenvalue weighted by atomic mass is 9.92. The molecular formula is C26H45N4O6S+. The fraction of sp³-hybridized carbons (Fsp3) is 0.731. The molecule has 0 aliphatic carbocycles. The number of carboxylic acids is 1. The summed E-state index contributed by atoms with van der Waals surface area (Å²) in [7, 11) is 7.49. The molecule has 1 aromatic heterocycles. The van der Waals surface area contributed by atoms with E-state index in [1.54, 1.807) is 11.9 Å². The van der Waals surface area contributed by atoms with Crippen LogP contribution in [0.15, 0.2) is 5.38 Å². The van der Waals surface area contributed by atoms with Crippen molar-refractivity contribution in [3.8, 4) is 0 Å². The summed E-state index contributed by atoms with van der Waals surface area (Å²) in [6.45, 7) is 12.8. The molecule has 10 nitrogen and oxygen atoms in total. The van der Waals surface area contributed by atoms with Gasteiger partial charge in [0.25, 0.3) is 5.91 Å². The van der Waals surface area contributed by atoms with Crippen molar-refractivity contribution in [1.29, 1.82) is 0 Å². The predicted octanol–water partition coefficient (Wildman–Crippen LogP) is 3.33. The molecule has 0 spiro atoms. The van der Waals surface area contributed by atoms with E-state index in [-0.39, 0.29) is 41.8 Å². The Morgan fingerprint density at radius 1 is 1.19 bits per heavy atom. The van der Waals surface area contributed by atoms with Gasteiger partial charge in [-0.1, -0.05) is 34.1 Å². The molecule has 0 radical (unpaired) electrons. The van der Waals surface area contributed by atoms with Gasteiger partial charge in [0, 0.05) is 31.8 Å². The van der Waals surface area contributed by atoms with E-state index >= 15 is 0 Å². The first-order valence-corrected chi connectivity index (χ1v) is 13.5. The van der Waals surface area contributed by atoms with Crippen LogP contribution in [0.3, 0.4) is 0 Å². The Hall–Kier alpha value is -2.53. The van der Waals surface area contributed by atoms with Crippen molar-refractivity contribution in [3.05, 3.63) is 16.1 Å². The Morgan fingerprint density at radius 3 is 2.16 bits per heavy atom. The van der Waals surface area contributed by atoms with Crippen molar-refractivity contribution in [3.63, 3.8) is 0 Å². The lowest BCUT2D eigenvalue weighted by Crippen LogP contribution is -2.65. The van der Waals surface area contributed by atoms with Gasteiger partial charge in [0.2, 0.25) is 5.91 Å². The highest BCUT2D eigenvalue weighted by Gasteiger charge is 2.44. The second-order valence-corrected chi connectivity index (χ2v) is 12.3. The van der Waals surface area contributed by atoms with E-state index in [0.29, 0.717) is 15.9 Å². The molecule has 37 heavy (non-hydrogen) atoms. The number of ether oxygens (including phenoxy) is 1. The van der Waals surface area contributed by atoms with Crippen LogP contribution < -0.4 is 5.32 Å². The maximum Gasteiger partial charge on any atom is 0.355 e. The van der Waals surface area contributed by atoms with Crippen molar-refractivity contribution in [2.24, 2.45) is 11.8 Å². The average molecular weight is 542 g/mol. The fourth-order valence-corrected chi connectivity index (χ4v) is 4.55. The summed E-state index contributed by atoms with van der Waals surface area (Å²) in [4.78, 5) is 56.1. The van der Waals surface area contributed by atoms with Gasteiger partial charge in [0.05, 0.1) is 21.1 Å². The first-order valence-electron chi connectivity index (χ1n) is 12.6. The molecule has 0 saturated carbocycles. The topological polar surface area (TPSA) is 126 Å². The summed E-state index contributed by atoms with van der Waals surface area (Å²) in [5, 5.41) is 14.0. The number of carboxylic acid groups (broad SMARTS) is 1. The van der Waals surface area contributed by atoms with Gasteiger partial charge in [0.15, 0.2) is 17.3 Å². The van der Waals surface area contributed by atoms with E-state index in [0.717, 1.165) is 11.3 Å². The van der Waals surface area contributed by atoms with Crippen LogP contribution in [0.25, 0.3) is 0 Å². The lowest BCUT2D eigenvalue weighted by molar-refractivity contribution is -0.908. The van der Waals surface area contributed by atoms with Crippen LogP contribution in [0.4, 0.5) is 0 Å². The summed E-state index contributed by atoms with van der Waals surface area (Å²) in [5.41, 5.74) is -0.892. The SMILES string of the molecule is CCC(C)[C@H](NC(=O)C(C)(C)[N+](C)(C)C)C(=O)N(C)[C@H](C[C@@H](OC(C)=O)c1nc(C(=O)O)cs1)C(C)C. The van der Waals surface area contributed by atoms with Gasteiger partial charge < -0.3 is 24.5 Å². The van der Waals surface area contributed by atoms with Crippen LogP contribution >= 0.6 is 11.3 Å². The first kappa shape index (κ1) is 32.5. The summed E-state index contributed by atoms with van der Waals surface area (Å²) >= 11 is 1.10. The van der Waals surface area contributed by atoms with Crippen molar-refractivity contribution in [2.45, 2.75) is 85.0 Å². The molecule has 0 fully saturated rings. The van der Waals surface area contributed by atoms with Crippen LogP contribution in [0.2, 0.25) is 0 Å². The number of thiazole rings is 1. The molecule has 1 heterocycles. The molecule has 0 bridgehead atoms. The Kier molecular flexibility index (Phi) is 11.3. The van der Waals surface area contributed by atoms with Crippen LogP contribution in [0, 0.1) is 11.8 Å². The van der Waals surface area contributed by atoms with E-state index < -0.39 is 29.6 Å². The van der Waals surface area contributed by atoms with Crippen LogP contribution in [-0.2, 0) is 19.1 Å². The summed E-state index contributed by atoms with van der Waals surface area (Å²) in [6, 6.07) is -1.11. The quantitative estimate of drug-likeness (QED) is 0.290. The number of esters is 1. The minimum absolute atomic E-state index is 0.0260. The van der Waals surface area contributed by atoms with Crippen LogP contribution in [0.1, 0.15) is 82.9 Å². The monoisotopic (exact) mass is 541 g/mol. The molecule has 1 rings (SSSR count). The van der Waals surface area contributed by atoms with Crippen LogP contribution in [0.5, 0.6) is 0 Å². The molecule has 0 aliphatic heterocycles. The highest BCUT2D eigenvalue weighted by Crippen LogP contribution is 2.31. The number of hydrogen-bond acceptors (Lipinski definition) is 7. The number of amides is 2. The maximum atomic E-state index is 13.8. The van der Waals surface area contributed by atoms with Crippen molar-refractivity contribution in [2.75, 3.05) is 28.2 Å². The minimum Gasteiger partial charge on any atom is -0.476 e. The van der Waals surface area contributed by atoms with Gasteiger partial charge in [-0.2, -0.15) is 0 Å². The third-order valence-corrected chi connectivity index (χ3v) is 8.33. The molecule has 0 saturated heterocycles. The molecule has 11 heteroatoms. The molecule has 2 amide bonds. The number of carbonyl (C=O) groups excluding carboxylic acids is 3. The van der Waals surface area contributed by atoms with E-state index in [2.05, 4.69) is 10.3 Å². The van der Waals surface area contributed by atoms with E-state index in [4.69, 9.17) is 4.74 Å². The molecule has 0 aliphatic rings. The van der Waals surface area contributed by atoms with E-state index in [1.807, 2.05) is 62.7 Å². The second-order valence-electron chi connectivity index (χ2n) is 11.4. The largest absolute Gasteiger partial charge is 0.476 e. The summed E-state index contributed by atoms with van der Waals surface area (Å²) in [6.07, 6.45) is 0.110. The fourth-order valence-electron chi connectivity index (χ4n) is 3.72. The van der Waals surface area contributed by atoms with Gasteiger partial charge in [0.1, 0.15) is 11.0 Å². The number of nitrogens with one attached hydrogen (secondary N) is 1. The maximum absolute atomic E-state index is 13.8. The normalized spacial score (nSPS) is 15.5. The number of aromatic carboxylic acids is 1. The number of carbonyl (C=O) groups is 4. The average Bonchev–Trinajstić information content (AvgIpc) is 3.28. The Labute approximate surface area is 225 Å². The van der Waals surface area contributed by atoms with Crippen molar-refractivity contribution in [1.82, 2.24) is 15.2 Å². The number of quaternary nitrogens is 1. The number of likely N-dealkylation sites (N-methyl/N-ethyl adjacent to an activating group) is 2. The van der Waals surface area contributed by atoms with Crippen molar-refractivity contribution >= 4 is 35.1 Å². The Balaban J connectivity index is 3.30. The van der Waals surface area contributed by atoms with E-state index in [9.17, 15) is 24.3 Å². The second kappa shape index (κ2) is 12.8. The lowest BCUT2D eigenvalue weighted by Gasteiger charge is -2.42. The zero-order valence-corrected chi connectivity index (χ0v) is 24.9. The number of rotatable bonds is 13. The summed E-state index contributed by atoms with van der Waals surface area (Å²) < 4.78 is 5.91. The smallest absolute Gasteiger partial charge is 0.355 e. The molecule has 1 aromatic rings. The molecule has 1 unspecified atom stereocenters. The zero-order valence-electron chi connectivity index (χ0n) is 24.1. The Morgan fingerprint density at radius 2 is 1.76 bits per heavy atom. The summed E-state index contributed by atoms with van der Waals surface area (Å²) in [5.74, 6) is -2.28. The Bertz CT molecular complexity index is 969. The van der Waals surface area contributed by atoms with Gasteiger partial charge >= 0.3 is 11.9 Å². The van der Waals surface area contributed by atoms with Gasteiger partial charge in [-0.3, -0.25) is 14.4 Å². The molecule has 2 N–H and O–H groups in total. The van der Waals surface area contributed by atoms with Gasteiger partial charge in [-0.05, 0) is 25.7 Å². The van der Waals surface area contributed by atoms with Crippen molar-refractivity contribution < 1.29 is 33.5 Å². The molecule has 0 aromatic carbocycles.